The molecule has 0 saturated carbocycles. The summed E-state index contributed by atoms with van der Waals surface area (Å²) in [6, 6.07) is 0. The van der Waals surface area contributed by atoms with Crippen LogP contribution in [0.5, 0.6) is 0 Å². The van der Waals surface area contributed by atoms with Crippen molar-refractivity contribution in [2.75, 3.05) is 6.29 Å². The van der Waals surface area contributed by atoms with Crippen molar-refractivity contribution in [2.24, 2.45) is 0 Å². The Labute approximate surface area is 221 Å². The molecule has 1 aliphatic carbocycles. The molecular weight excluding hydrogens is 587 g/mol. The van der Waals surface area contributed by atoms with Crippen LogP contribution in [0.15, 0.2) is 42.3 Å². The van der Waals surface area contributed by atoms with E-state index in [4.69, 9.17) is 6.58 Å². The molecule has 173 valence electrons. The zero-order valence-corrected chi connectivity index (χ0v) is 25.4. The van der Waals surface area contributed by atoms with Crippen molar-refractivity contribution >= 4 is 23.9 Å². The van der Waals surface area contributed by atoms with Crippen LogP contribution in [-0.4, -0.2) is 31.9 Å². The second kappa shape index (κ2) is 13.9. The summed E-state index contributed by atoms with van der Waals surface area (Å²) in [6.07, 6.45) is 13.1. The van der Waals surface area contributed by atoms with Gasteiger partial charge in [-0.3, -0.25) is 0 Å². The van der Waals surface area contributed by atoms with Gasteiger partial charge in [-0.1, -0.05) is 49.5 Å². The number of hydrogen-bond acceptors (Lipinski definition) is 2. The van der Waals surface area contributed by atoms with Crippen molar-refractivity contribution in [2.45, 2.75) is 78.2 Å². The predicted molar refractivity (Wildman–Crippen MR) is 126 cm³/mol. The minimum absolute atomic E-state index is 0. The number of rotatable bonds is 2. The molecule has 0 aromatic rings. The monoisotopic (exact) mass is 623 g/mol. The number of nitrogens with zero attached hydrogens (tertiary/aromatic N) is 2. The van der Waals surface area contributed by atoms with Crippen LogP contribution >= 0.6 is 23.9 Å². The van der Waals surface area contributed by atoms with Crippen LogP contribution in [0.1, 0.15) is 62.3 Å². The van der Waals surface area contributed by atoms with E-state index in [1.807, 2.05) is 24.3 Å². The molecule has 0 N–H and O–H groups in total. The third kappa shape index (κ3) is 12.5. The van der Waals surface area contributed by atoms with Crippen LogP contribution in [-0.2, 0) is 19.5 Å². The Balaban J connectivity index is -0.000000565. The molecule has 1 heterocycles. The molecule has 1 aliphatic heterocycles. The van der Waals surface area contributed by atoms with Crippen molar-refractivity contribution in [3.8, 4) is 0 Å². The van der Waals surface area contributed by atoms with Gasteiger partial charge in [-0.25, -0.2) is 0 Å². The number of halogens is 3. The van der Waals surface area contributed by atoms with E-state index < -0.39 is 0 Å². The van der Waals surface area contributed by atoms with Crippen LogP contribution in [0.4, 0.5) is 0 Å². The maximum absolute atomic E-state index is 5.41. The third-order valence-corrected chi connectivity index (χ3v) is 8.64. The molecule has 0 aromatic carbocycles. The molecule has 0 aromatic heterocycles. The average Bonchev–Trinajstić information content (AvgIpc) is 2.95. The summed E-state index contributed by atoms with van der Waals surface area (Å²) >= 11 is 3.29. The Morgan fingerprint density at radius 3 is 1.63 bits per heavy atom. The second-order valence-electron chi connectivity index (χ2n) is 9.97. The fraction of sp³-hybridized carbons (Fsp3) is 0.565. The number of hydrogen-bond donors (Lipinski definition) is 0. The van der Waals surface area contributed by atoms with Gasteiger partial charge in [-0.05, 0) is 31.1 Å². The summed E-state index contributed by atoms with van der Waals surface area (Å²) < 4.78 is 0. The molecule has 2 aliphatic rings. The van der Waals surface area contributed by atoms with E-state index in [0.717, 1.165) is 16.7 Å². The fourth-order valence-corrected chi connectivity index (χ4v) is 6.55. The Morgan fingerprint density at radius 2 is 1.33 bits per heavy atom. The van der Waals surface area contributed by atoms with Gasteiger partial charge < -0.3 is 34.6 Å². The minimum atomic E-state index is -0.0919. The summed E-state index contributed by atoms with van der Waals surface area (Å²) in [6.45, 7) is 28.7. The van der Waals surface area contributed by atoms with E-state index in [0.29, 0.717) is 10.3 Å². The molecule has 0 saturated heterocycles. The molecule has 2 rings (SSSR count). The van der Waals surface area contributed by atoms with Gasteiger partial charge in [0.2, 0.25) is 0 Å². The fourth-order valence-electron chi connectivity index (χ4n) is 2.93. The molecule has 0 bridgehead atoms. The summed E-state index contributed by atoms with van der Waals surface area (Å²) in [7, 11) is -0.0919. The molecule has 0 unspecified atom stereocenters. The van der Waals surface area contributed by atoms with Crippen molar-refractivity contribution < 1.29 is 44.3 Å². The van der Waals surface area contributed by atoms with Gasteiger partial charge in [0.15, 0.2) is 0 Å². The van der Waals surface area contributed by atoms with Crippen molar-refractivity contribution in [3.63, 3.8) is 0 Å². The standard InChI is InChI=1S/C16H32N2P.C7H5Br.2ClH.Ru/c1-14(2,3)18-11-10-17(12-18)13-19(15(4,5)6)16(7,8)9;1-6-2-4-7(8)5-3-6;;;/h10-12H,13H2,1-9H3;1-5H;2*1H;/q;;;;+2/p-2. The number of allylic oxidation sites excluding steroid dienone is 5. The Morgan fingerprint density at radius 1 is 0.900 bits per heavy atom. The van der Waals surface area contributed by atoms with Gasteiger partial charge in [0.05, 0.1) is 12.2 Å². The first-order valence-electron chi connectivity index (χ1n) is 9.47. The van der Waals surface area contributed by atoms with Gasteiger partial charge >= 0.3 is 19.5 Å². The molecule has 0 spiro atoms. The molecule has 1 radical (unpaired) electrons. The first kappa shape index (κ1) is 35.1. The Hall–Kier alpha value is 0.543. The average molecular weight is 624 g/mol. The van der Waals surface area contributed by atoms with Gasteiger partial charge in [0.1, 0.15) is 11.5 Å². The summed E-state index contributed by atoms with van der Waals surface area (Å²) in [4.78, 5) is 5.73. The van der Waals surface area contributed by atoms with Crippen LogP contribution in [0, 0.1) is 18.1 Å². The molecule has 2 nitrogen and oxygen atoms in total. The van der Waals surface area contributed by atoms with Gasteiger partial charge in [-0.15, -0.1) is 0 Å². The molecule has 0 atom stereocenters. The molecule has 7 heteroatoms. The topological polar surface area (TPSA) is 6.48 Å². The molecular formula is C23H37BrCl2N2PRu. The van der Waals surface area contributed by atoms with E-state index in [2.05, 4.69) is 107 Å². The maximum Gasteiger partial charge on any atom is 2.00 e. The van der Waals surface area contributed by atoms with Gasteiger partial charge in [-0.2, -0.15) is 6.58 Å². The second-order valence-corrected chi connectivity index (χ2v) is 14.7. The molecule has 0 fully saturated rings. The smallest absolute Gasteiger partial charge is 1.00 e. The van der Waals surface area contributed by atoms with Crippen LogP contribution in [0.3, 0.4) is 0 Å². The Bertz CT molecular complexity index is 572. The molecule has 0 amide bonds. The maximum atomic E-state index is 5.41. The van der Waals surface area contributed by atoms with Gasteiger partial charge in [0, 0.05) is 57.9 Å². The normalized spacial score (nSPS) is 16.0. The zero-order valence-electron chi connectivity index (χ0n) is 19.7. The van der Waals surface area contributed by atoms with E-state index in [1.54, 1.807) is 0 Å². The van der Waals surface area contributed by atoms with Crippen LogP contribution < -0.4 is 24.8 Å². The quantitative estimate of drug-likeness (QED) is 0.261. The summed E-state index contributed by atoms with van der Waals surface area (Å²) in [5, 5.41) is 0.759. The minimum Gasteiger partial charge on any atom is -1.00 e. The summed E-state index contributed by atoms with van der Waals surface area (Å²) in [5.41, 5.74) is 0.963. The van der Waals surface area contributed by atoms with E-state index in [1.165, 1.54) is 0 Å². The summed E-state index contributed by atoms with van der Waals surface area (Å²) in [5.74, 6) is 0. The largest absolute Gasteiger partial charge is 2.00 e. The zero-order chi connectivity index (χ0) is 21.0. The first-order chi connectivity index (χ1) is 12.1. The van der Waals surface area contributed by atoms with Crippen molar-refractivity contribution in [3.05, 3.63) is 60.4 Å². The van der Waals surface area contributed by atoms with E-state index >= 15 is 0 Å². The SMILES string of the molecule is CC(C)(C)N1[CH]N(CP(C(C)(C)C)C(C)(C)C)C=C1.[CH-]=C1C=C[C+](Br)C=C1.[Cl-].[Cl-].[Ru+2]. The van der Waals surface area contributed by atoms with E-state index in [-0.39, 0.29) is 57.8 Å². The van der Waals surface area contributed by atoms with Gasteiger partial charge in [0.25, 0.3) is 0 Å². The van der Waals surface area contributed by atoms with Crippen molar-refractivity contribution in [1.29, 1.82) is 0 Å². The third-order valence-electron chi connectivity index (χ3n) is 4.26. The first-order valence-corrected chi connectivity index (χ1v) is 11.8. The predicted octanol–water partition coefficient (Wildman–Crippen LogP) is 1.43. The van der Waals surface area contributed by atoms with Crippen molar-refractivity contribution in [1.82, 2.24) is 9.80 Å². The van der Waals surface area contributed by atoms with Crippen LogP contribution in [0.25, 0.3) is 0 Å². The molecule has 30 heavy (non-hydrogen) atoms. The van der Waals surface area contributed by atoms with Crippen LogP contribution in [0.2, 0.25) is 0 Å². The van der Waals surface area contributed by atoms with E-state index in [9.17, 15) is 0 Å². The Kier molecular flexibility index (Phi) is 16.3.